The van der Waals surface area contributed by atoms with Gasteiger partial charge < -0.3 is 26.2 Å². The molecule has 31 heavy (non-hydrogen) atoms. The van der Waals surface area contributed by atoms with Crippen LogP contribution in [0.4, 0.5) is 0 Å². The molecule has 0 saturated carbocycles. The number of nitrogens with one attached hydrogen (secondary N) is 2. The summed E-state index contributed by atoms with van der Waals surface area (Å²) in [5.41, 5.74) is 11.3. The smallest absolute Gasteiger partial charge is 0.209 e. The highest BCUT2D eigenvalue weighted by Gasteiger charge is 2.41. The summed E-state index contributed by atoms with van der Waals surface area (Å²) in [5.74, 6) is 0. The average molecular weight is 459 g/mol. The van der Waals surface area contributed by atoms with Crippen LogP contribution in [0, 0.1) is 0 Å². The van der Waals surface area contributed by atoms with Gasteiger partial charge in [0.25, 0.3) is 0 Å². The average Bonchev–Trinajstić information content (AvgIpc) is 2.80. The summed E-state index contributed by atoms with van der Waals surface area (Å²) >= 11 is 0. The molecule has 2 aromatic carbocycles. The lowest BCUT2D eigenvalue weighted by Gasteiger charge is -2.39. The maximum Gasteiger partial charge on any atom is 0.209 e. The minimum absolute atomic E-state index is 0.682. The van der Waals surface area contributed by atoms with Gasteiger partial charge in [0.1, 0.15) is 0 Å². The Morgan fingerprint density at radius 2 is 1.03 bits per heavy atom. The van der Waals surface area contributed by atoms with E-state index in [-0.39, 0.29) is 0 Å². The van der Waals surface area contributed by atoms with Gasteiger partial charge in [0.05, 0.1) is 0 Å². The van der Waals surface area contributed by atoms with Gasteiger partial charge in [-0.25, -0.2) is 0 Å². The Morgan fingerprint density at radius 3 is 1.39 bits per heavy atom. The minimum atomic E-state index is -2.13. The fourth-order valence-corrected chi connectivity index (χ4v) is 14.0. The van der Waals surface area contributed by atoms with Crippen molar-refractivity contribution in [1.82, 2.24) is 10.6 Å². The zero-order chi connectivity index (χ0) is 22.4. The standard InChI is InChI=1S/C24H42N4OSi2/c1-30(21-9-17-27-19-15-25,23-11-5-3-6-12-23)29-31(2,22-10-18-28-20-16-26)24-13-7-4-8-14-24/h3-8,11-14,27-28H,9-10,15-22,25-26H2,1-2H3. The Morgan fingerprint density at radius 1 is 0.645 bits per heavy atom. The highest BCUT2D eigenvalue weighted by Crippen LogP contribution is 2.24. The lowest BCUT2D eigenvalue weighted by atomic mass is 10.4. The topological polar surface area (TPSA) is 85.3 Å². The van der Waals surface area contributed by atoms with E-state index >= 15 is 0 Å². The molecule has 5 nitrogen and oxygen atoms in total. The predicted molar refractivity (Wildman–Crippen MR) is 139 cm³/mol. The van der Waals surface area contributed by atoms with Gasteiger partial charge >= 0.3 is 0 Å². The summed E-state index contributed by atoms with van der Waals surface area (Å²) in [6.45, 7) is 9.90. The first-order valence-corrected chi connectivity index (χ1v) is 16.9. The van der Waals surface area contributed by atoms with Gasteiger partial charge in [0.15, 0.2) is 0 Å². The molecule has 0 fully saturated rings. The molecular formula is C24H42N4OSi2. The lowest BCUT2D eigenvalue weighted by molar-refractivity contribution is 0.537. The van der Waals surface area contributed by atoms with Crippen LogP contribution in [0.25, 0.3) is 0 Å². The van der Waals surface area contributed by atoms with Gasteiger partial charge in [0, 0.05) is 26.2 Å². The molecule has 7 heteroatoms. The second kappa shape index (κ2) is 14.0. The molecule has 2 unspecified atom stereocenters. The maximum absolute atomic E-state index is 7.38. The molecule has 0 aliphatic heterocycles. The first-order chi connectivity index (χ1) is 15.0. The lowest BCUT2D eigenvalue weighted by Crippen LogP contribution is -2.60. The highest BCUT2D eigenvalue weighted by atomic mass is 28.4. The Bertz CT molecular complexity index is 661. The van der Waals surface area contributed by atoms with Crippen LogP contribution in [0.5, 0.6) is 0 Å². The van der Waals surface area contributed by atoms with Crippen molar-refractivity contribution >= 4 is 27.0 Å². The second-order valence-corrected chi connectivity index (χ2v) is 16.5. The van der Waals surface area contributed by atoms with E-state index in [1.165, 1.54) is 10.4 Å². The molecule has 0 aliphatic carbocycles. The van der Waals surface area contributed by atoms with Crippen molar-refractivity contribution in [3.8, 4) is 0 Å². The largest absolute Gasteiger partial charge is 0.448 e. The van der Waals surface area contributed by atoms with Crippen LogP contribution >= 0.6 is 0 Å². The Hall–Kier alpha value is -1.33. The van der Waals surface area contributed by atoms with Gasteiger partial charge in [-0.3, -0.25) is 0 Å². The van der Waals surface area contributed by atoms with Gasteiger partial charge in [-0.15, -0.1) is 0 Å². The summed E-state index contributed by atoms with van der Waals surface area (Å²) in [7, 11) is -4.26. The van der Waals surface area contributed by atoms with Crippen LogP contribution in [0.15, 0.2) is 60.7 Å². The van der Waals surface area contributed by atoms with Gasteiger partial charge in [-0.05, 0) is 61.5 Å². The fraction of sp³-hybridized carbons (Fsp3) is 0.500. The van der Waals surface area contributed by atoms with Crippen molar-refractivity contribution in [2.24, 2.45) is 11.5 Å². The van der Waals surface area contributed by atoms with Crippen LogP contribution in [0.1, 0.15) is 12.8 Å². The number of hydrogen-bond acceptors (Lipinski definition) is 5. The molecular weight excluding hydrogens is 416 g/mol. The SMILES string of the molecule is C[Si](CCCNCCN)(O[Si](C)(CCCNCCN)c1ccccc1)c1ccccc1. The van der Waals surface area contributed by atoms with E-state index in [2.05, 4.69) is 84.4 Å². The first kappa shape index (κ1) is 25.9. The van der Waals surface area contributed by atoms with Crippen LogP contribution in [0.2, 0.25) is 25.2 Å². The van der Waals surface area contributed by atoms with E-state index < -0.39 is 16.6 Å². The van der Waals surface area contributed by atoms with Crippen molar-refractivity contribution in [3.05, 3.63) is 60.7 Å². The predicted octanol–water partition coefficient (Wildman–Crippen LogP) is 1.84. The highest BCUT2D eigenvalue weighted by molar-refractivity contribution is 6.97. The first-order valence-electron chi connectivity index (χ1n) is 11.7. The van der Waals surface area contributed by atoms with E-state index in [4.69, 9.17) is 15.6 Å². The third kappa shape index (κ3) is 8.61. The van der Waals surface area contributed by atoms with E-state index in [0.29, 0.717) is 13.1 Å². The molecule has 0 heterocycles. The van der Waals surface area contributed by atoms with Crippen LogP contribution < -0.4 is 32.5 Å². The number of rotatable bonds is 16. The Kier molecular flexibility index (Phi) is 11.7. The van der Waals surface area contributed by atoms with Crippen molar-refractivity contribution < 1.29 is 4.12 Å². The maximum atomic E-state index is 7.38. The third-order valence-corrected chi connectivity index (χ3v) is 15.2. The number of hydrogen-bond donors (Lipinski definition) is 4. The second-order valence-electron chi connectivity index (χ2n) is 8.58. The van der Waals surface area contributed by atoms with Gasteiger partial charge in [-0.1, -0.05) is 60.7 Å². The monoisotopic (exact) mass is 458 g/mol. The minimum Gasteiger partial charge on any atom is -0.448 e. The normalized spacial score (nSPS) is 15.4. The molecule has 0 bridgehead atoms. The molecule has 2 atom stereocenters. The van der Waals surface area contributed by atoms with Crippen LogP contribution in [-0.2, 0) is 4.12 Å². The van der Waals surface area contributed by atoms with Crippen molar-refractivity contribution in [2.45, 2.75) is 38.0 Å². The van der Waals surface area contributed by atoms with E-state index in [9.17, 15) is 0 Å². The summed E-state index contributed by atoms with van der Waals surface area (Å²) < 4.78 is 7.38. The molecule has 0 saturated heterocycles. The van der Waals surface area contributed by atoms with Gasteiger partial charge in [0.2, 0.25) is 16.6 Å². The quantitative estimate of drug-likeness (QED) is 0.228. The van der Waals surface area contributed by atoms with Crippen molar-refractivity contribution in [3.63, 3.8) is 0 Å². The van der Waals surface area contributed by atoms with E-state index in [0.717, 1.165) is 51.1 Å². The summed E-state index contributed by atoms with van der Waals surface area (Å²) in [6, 6.07) is 24.1. The zero-order valence-corrected chi connectivity index (χ0v) is 21.4. The molecule has 0 amide bonds. The Labute approximate surface area is 191 Å². The molecule has 2 rings (SSSR count). The van der Waals surface area contributed by atoms with Crippen LogP contribution in [0.3, 0.4) is 0 Å². The number of nitrogens with two attached hydrogens (primary N) is 2. The third-order valence-electron chi connectivity index (χ3n) is 5.88. The summed E-state index contributed by atoms with van der Waals surface area (Å²) in [5, 5.41) is 9.67. The zero-order valence-electron chi connectivity index (χ0n) is 19.4. The molecule has 6 N–H and O–H groups in total. The van der Waals surface area contributed by atoms with E-state index in [1.54, 1.807) is 0 Å². The molecule has 0 aliphatic rings. The number of benzene rings is 2. The fourth-order valence-electron chi connectivity index (χ4n) is 4.14. The molecule has 0 radical (unpaired) electrons. The van der Waals surface area contributed by atoms with Crippen LogP contribution in [-0.4, -0.2) is 55.9 Å². The van der Waals surface area contributed by atoms with Crippen molar-refractivity contribution in [2.75, 3.05) is 39.3 Å². The van der Waals surface area contributed by atoms with Crippen molar-refractivity contribution in [1.29, 1.82) is 0 Å². The molecule has 0 spiro atoms. The molecule has 172 valence electrons. The summed E-state index contributed by atoms with van der Waals surface area (Å²) in [6.07, 6.45) is 2.21. The van der Waals surface area contributed by atoms with Gasteiger partial charge in [-0.2, -0.15) is 0 Å². The molecule has 2 aromatic rings. The molecule has 0 aromatic heterocycles. The Balaban J connectivity index is 2.22. The summed E-state index contributed by atoms with van der Waals surface area (Å²) in [4.78, 5) is 0. The van der Waals surface area contributed by atoms with E-state index in [1.807, 2.05) is 0 Å².